The topological polar surface area (TPSA) is 43.6 Å². The maximum absolute atomic E-state index is 11.7. The zero-order chi connectivity index (χ0) is 13.9. The molecule has 0 amide bonds. The van der Waals surface area contributed by atoms with Gasteiger partial charge in [-0.3, -0.25) is 4.40 Å². The Morgan fingerprint density at radius 3 is 2.65 bits per heavy atom. The summed E-state index contributed by atoms with van der Waals surface area (Å²) in [4.78, 5) is 16.2. The van der Waals surface area contributed by atoms with E-state index in [0.29, 0.717) is 17.0 Å². The van der Waals surface area contributed by atoms with Crippen molar-refractivity contribution in [3.05, 3.63) is 34.2 Å². The van der Waals surface area contributed by atoms with Crippen LogP contribution in [0.25, 0.3) is 5.65 Å². The van der Waals surface area contributed by atoms with Crippen molar-refractivity contribution in [3.8, 4) is 0 Å². The lowest BCUT2D eigenvalue weighted by Crippen LogP contribution is -2.02. The first-order valence-electron chi connectivity index (χ1n) is 6.98. The molecule has 0 atom stereocenters. The number of hydrogen-bond donors (Lipinski definition) is 0. The van der Waals surface area contributed by atoms with Crippen molar-refractivity contribution in [2.24, 2.45) is 0 Å². The number of methoxy groups -OCH3 is 1. The summed E-state index contributed by atoms with van der Waals surface area (Å²) in [6.07, 6.45) is 6.90. The summed E-state index contributed by atoms with van der Waals surface area (Å²) in [7, 11) is 1.35. The molecule has 2 fully saturated rings. The van der Waals surface area contributed by atoms with Crippen LogP contribution in [-0.4, -0.2) is 22.5 Å². The maximum Gasteiger partial charge on any atom is 0.359 e. The van der Waals surface area contributed by atoms with E-state index in [-0.39, 0.29) is 5.69 Å². The van der Waals surface area contributed by atoms with E-state index in [1.807, 2.05) is 10.6 Å². The summed E-state index contributed by atoms with van der Waals surface area (Å²) in [5.74, 6) is 0.741. The Balaban J connectivity index is 1.95. The number of ether oxygens (including phenoxy) is 1. The van der Waals surface area contributed by atoms with Gasteiger partial charge in [0.05, 0.1) is 7.11 Å². The van der Waals surface area contributed by atoms with Crippen molar-refractivity contribution in [1.29, 1.82) is 0 Å². The second-order valence-electron chi connectivity index (χ2n) is 5.71. The summed E-state index contributed by atoms with van der Waals surface area (Å²) in [5.41, 5.74) is 3.56. The first-order chi connectivity index (χ1) is 9.69. The van der Waals surface area contributed by atoms with Gasteiger partial charge in [0, 0.05) is 6.20 Å². The molecule has 4 nitrogen and oxygen atoms in total. The minimum Gasteiger partial charge on any atom is -0.464 e. The van der Waals surface area contributed by atoms with E-state index in [4.69, 9.17) is 16.3 Å². The third kappa shape index (κ3) is 1.82. The zero-order valence-corrected chi connectivity index (χ0v) is 12.0. The van der Waals surface area contributed by atoms with Crippen LogP contribution in [0, 0.1) is 0 Å². The fourth-order valence-corrected chi connectivity index (χ4v) is 2.97. The van der Waals surface area contributed by atoms with Gasteiger partial charge in [0.15, 0.2) is 5.69 Å². The highest BCUT2D eigenvalue weighted by Gasteiger charge is 2.32. The van der Waals surface area contributed by atoms with Crippen LogP contribution in [0.4, 0.5) is 0 Å². The van der Waals surface area contributed by atoms with Crippen molar-refractivity contribution in [3.63, 3.8) is 0 Å². The molecule has 0 bridgehead atoms. The van der Waals surface area contributed by atoms with Crippen LogP contribution >= 0.6 is 11.6 Å². The smallest absolute Gasteiger partial charge is 0.359 e. The summed E-state index contributed by atoms with van der Waals surface area (Å²) in [5, 5.41) is 0.358. The summed E-state index contributed by atoms with van der Waals surface area (Å²) >= 11 is 6.32. The van der Waals surface area contributed by atoms with Gasteiger partial charge in [-0.25, -0.2) is 9.78 Å². The minimum absolute atomic E-state index is 0.212. The summed E-state index contributed by atoms with van der Waals surface area (Å²) in [6.45, 7) is 0. The molecule has 0 aliphatic heterocycles. The highest BCUT2D eigenvalue weighted by molar-refractivity contribution is 6.32. The van der Waals surface area contributed by atoms with Gasteiger partial charge in [-0.05, 0) is 48.6 Å². The van der Waals surface area contributed by atoms with Crippen LogP contribution in [-0.2, 0) is 4.74 Å². The quantitative estimate of drug-likeness (QED) is 0.812. The largest absolute Gasteiger partial charge is 0.464 e. The molecule has 0 spiro atoms. The third-order valence-electron chi connectivity index (χ3n) is 4.16. The first kappa shape index (κ1) is 12.2. The van der Waals surface area contributed by atoms with Crippen LogP contribution < -0.4 is 0 Å². The van der Waals surface area contributed by atoms with Gasteiger partial charge in [-0.2, -0.15) is 0 Å². The molecule has 5 heteroatoms. The Labute approximate surface area is 121 Å². The van der Waals surface area contributed by atoms with E-state index in [2.05, 4.69) is 11.1 Å². The number of rotatable bonds is 3. The van der Waals surface area contributed by atoms with Gasteiger partial charge in [-0.15, -0.1) is 0 Å². The highest BCUT2D eigenvalue weighted by atomic mass is 35.5. The van der Waals surface area contributed by atoms with E-state index >= 15 is 0 Å². The normalized spacial score (nSPS) is 18.5. The molecule has 2 aromatic rings. The fourth-order valence-electron chi connectivity index (χ4n) is 2.73. The molecule has 0 radical (unpaired) electrons. The van der Waals surface area contributed by atoms with Crippen LogP contribution in [0.15, 0.2) is 12.3 Å². The van der Waals surface area contributed by atoms with Crippen molar-refractivity contribution in [1.82, 2.24) is 9.38 Å². The van der Waals surface area contributed by atoms with E-state index in [1.54, 1.807) is 0 Å². The van der Waals surface area contributed by atoms with E-state index in [9.17, 15) is 4.79 Å². The van der Waals surface area contributed by atoms with Gasteiger partial charge in [0.25, 0.3) is 0 Å². The Kier molecular flexibility index (Phi) is 2.58. The number of aromatic nitrogens is 2. The predicted octanol–water partition coefficient (Wildman–Crippen LogP) is 3.53. The molecule has 4 rings (SSSR count). The average molecular weight is 291 g/mol. The van der Waals surface area contributed by atoms with Crippen molar-refractivity contribution in [2.45, 2.75) is 37.5 Å². The van der Waals surface area contributed by atoms with Gasteiger partial charge in [-0.1, -0.05) is 17.7 Å². The van der Waals surface area contributed by atoms with Gasteiger partial charge in [0.1, 0.15) is 10.8 Å². The Hall–Kier alpha value is -1.55. The number of fused-ring (bicyclic) bond motifs is 1. The molecule has 0 saturated heterocycles. The molecule has 2 heterocycles. The van der Waals surface area contributed by atoms with Crippen molar-refractivity contribution in [2.75, 3.05) is 7.11 Å². The molecular formula is C15H15ClN2O2. The highest BCUT2D eigenvalue weighted by Crippen LogP contribution is 2.46. The molecule has 2 aromatic heterocycles. The lowest BCUT2D eigenvalue weighted by Gasteiger charge is -2.07. The summed E-state index contributed by atoms with van der Waals surface area (Å²) in [6, 6.07) is 2.26. The molecule has 2 aliphatic rings. The molecule has 0 N–H and O–H groups in total. The van der Waals surface area contributed by atoms with E-state index in [1.165, 1.54) is 43.9 Å². The first-order valence-corrected chi connectivity index (χ1v) is 7.36. The van der Waals surface area contributed by atoms with Gasteiger partial charge >= 0.3 is 5.97 Å². The lowest BCUT2D eigenvalue weighted by molar-refractivity contribution is 0.0595. The summed E-state index contributed by atoms with van der Waals surface area (Å²) < 4.78 is 6.61. The Bertz CT molecular complexity index is 714. The Morgan fingerprint density at radius 2 is 2.05 bits per heavy atom. The predicted molar refractivity (Wildman–Crippen MR) is 75.5 cm³/mol. The van der Waals surface area contributed by atoms with E-state index in [0.717, 1.165) is 5.65 Å². The maximum atomic E-state index is 11.7. The molecule has 0 unspecified atom stereocenters. The van der Waals surface area contributed by atoms with Crippen LogP contribution in [0.2, 0.25) is 5.15 Å². The third-order valence-corrected chi connectivity index (χ3v) is 4.52. The standard InChI is InChI=1S/C15H15ClN2O2/c1-20-15(19)12-13(16)18-7-10(8-2-3-8)6-11(9-4-5-9)14(18)17-12/h6-9H,2-5H2,1H3. The van der Waals surface area contributed by atoms with E-state index < -0.39 is 5.97 Å². The van der Waals surface area contributed by atoms with Gasteiger partial charge in [0.2, 0.25) is 0 Å². The monoisotopic (exact) mass is 290 g/mol. The molecule has 0 aromatic carbocycles. The fraction of sp³-hybridized carbons (Fsp3) is 0.467. The van der Waals surface area contributed by atoms with Crippen molar-refractivity contribution >= 4 is 23.2 Å². The number of pyridine rings is 1. The second-order valence-corrected chi connectivity index (χ2v) is 6.07. The number of halogens is 1. The zero-order valence-electron chi connectivity index (χ0n) is 11.2. The molecular weight excluding hydrogens is 276 g/mol. The minimum atomic E-state index is -0.478. The number of imidazole rings is 1. The lowest BCUT2D eigenvalue weighted by atomic mass is 10.1. The number of carbonyl (C=O) groups is 1. The SMILES string of the molecule is COC(=O)c1nc2c(C3CC3)cc(C3CC3)cn2c1Cl. The molecule has 2 saturated carbocycles. The molecule has 104 valence electrons. The Morgan fingerprint density at radius 1 is 1.35 bits per heavy atom. The van der Waals surface area contributed by atoms with Crippen molar-refractivity contribution < 1.29 is 9.53 Å². The van der Waals surface area contributed by atoms with Gasteiger partial charge < -0.3 is 4.74 Å². The number of carbonyl (C=O) groups excluding carboxylic acids is 1. The molecule has 20 heavy (non-hydrogen) atoms. The molecule has 2 aliphatic carbocycles. The average Bonchev–Trinajstić information content (AvgIpc) is 3.35. The van der Waals surface area contributed by atoms with Crippen LogP contribution in [0.1, 0.15) is 59.1 Å². The van der Waals surface area contributed by atoms with Crippen LogP contribution in [0.5, 0.6) is 0 Å². The van der Waals surface area contributed by atoms with Crippen LogP contribution in [0.3, 0.4) is 0 Å². The second kappa shape index (κ2) is 4.22. The number of hydrogen-bond acceptors (Lipinski definition) is 3. The number of esters is 1. The number of nitrogens with zero attached hydrogens (tertiary/aromatic N) is 2.